The molecule has 2 atom stereocenters. The number of hydrogen-bond acceptors (Lipinski definition) is 4. The SMILES string of the molecule is CC[C@H](O)[C@@H](OCc1ccccc1)C(=O)COCc1ccccc1. The molecule has 0 saturated carbocycles. The van der Waals surface area contributed by atoms with E-state index in [4.69, 9.17) is 9.47 Å². The molecule has 4 nitrogen and oxygen atoms in total. The van der Waals surface area contributed by atoms with E-state index in [1.54, 1.807) is 0 Å². The Morgan fingerprint density at radius 3 is 2.04 bits per heavy atom. The first-order valence-electron chi connectivity index (χ1n) is 8.18. The highest BCUT2D eigenvalue weighted by atomic mass is 16.5. The number of aliphatic hydroxyl groups excluding tert-OH is 1. The van der Waals surface area contributed by atoms with E-state index >= 15 is 0 Å². The predicted octanol–water partition coefficient (Wildman–Crippen LogP) is 3.13. The van der Waals surface area contributed by atoms with Crippen LogP contribution in [0.15, 0.2) is 60.7 Å². The fraction of sp³-hybridized carbons (Fsp3) is 0.350. The van der Waals surface area contributed by atoms with E-state index in [-0.39, 0.29) is 19.0 Å². The fourth-order valence-corrected chi connectivity index (χ4v) is 2.32. The van der Waals surface area contributed by atoms with Crippen molar-refractivity contribution in [3.8, 4) is 0 Å². The summed E-state index contributed by atoms with van der Waals surface area (Å²) in [6, 6.07) is 19.2. The van der Waals surface area contributed by atoms with E-state index in [1.165, 1.54) is 0 Å². The quantitative estimate of drug-likeness (QED) is 0.728. The first-order valence-corrected chi connectivity index (χ1v) is 8.18. The van der Waals surface area contributed by atoms with E-state index in [9.17, 15) is 9.90 Å². The molecular weight excluding hydrogens is 304 g/mol. The molecule has 0 aromatic heterocycles. The maximum absolute atomic E-state index is 12.3. The average Bonchev–Trinajstić information content (AvgIpc) is 2.63. The Kier molecular flexibility index (Phi) is 7.62. The lowest BCUT2D eigenvalue weighted by Gasteiger charge is -2.21. The van der Waals surface area contributed by atoms with Gasteiger partial charge in [-0.2, -0.15) is 0 Å². The van der Waals surface area contributed by atoms with Gasteiger partial charge in [-0.05, 0) is 17.5 Å². The van der Waals surface area contributed by atoms with Crippen LogP contribution in [-0.2, 0) is 27.5 Å². The van der Waals surface area contributed by atoms with Gasteiger partial charge in [0.15, 0.2) is 5.78 Å². The van der Waals surface area contributed by atoms with Gasteiger partial charge in [0.1, 0.15) is 12.7 Å². The van der Waals surface area contributed by atoms with Crippen molar-refractivity contribution in [1.82, 2.24) is 0 Å². The first kappa shape index (κ1) is 18.3. The van der Waals surface area contributed by atoms with Crippen molar-refractivity contribution in [1.29, 1.82) is 0 Å². The summed E-state index contributed by atoms with van der Waals surface area (Å²) in [6.45, 7) is 2.39. The average molecular weight is 328 g/mol. The van der Waals surface area contributed by atoms with E-state index in [0.29, 0.717) is 13.0 Å². The Bertz CT molecular complexity index is 598. The van der Waals surface area contributed by atoms with Crippen molar-refractivity contribution >= 4 is 5.78 Å². The predicted molar refractivity (Wildman–Crippen MR) is 92.4 cm³/mol. The number of aliphatic hydroxyl groups is 1. The van der Waals surface area contributed by atoms with Crippen LogP contribution < -0.4 is 0 Å². The Morgan fingerprint density at radius 1 is 0.958 bits per heavy atom. The molecule has 0 aliphatic heterocycles. The molecule has 0 aliphatic rings. The van der Waals surface area contributed by atoms with E-state index in [1.807, 2.05) is 67.6 Å². The number of ether oxygens (including phenoxy) is 2. The van der Waals surface area contributed by atoms with Gasteiger partial charge in [0.05, 0.1) is 19.3 Å². The number of benzene rings is 2. The van der Waals surface area contributed by atoms with Gasteiger partial charge in [0.25, 0.3) is 0 Å². The summed E-state index contributed by atoms with van der Waals surface area (Å²) in [5.74, 6) is -0.240. The minimum absolute atomic E-state index is 0.0780. The third kappa shape index (κ3) is 5.89. The first-order chi connectivity index (χ1) is 11.7. The molecule has 2 aromatic carbocycles. The zero-order chi connectivity index (χ0) is 17.2. The molecule has 2 aromatic rings. The number of carbonyl (C=O) groups is 1. The van der Waals surface area contributed by atoms with Gasteiger partial charge in [-0.25, -0.2) is 0 Å². The van der Waals surface area contributed by atoms with Crippen LogP contribution in [0.5, 0.6) is 0 Å². The van der Waals surface area contributed by atoms with Gasteiger partial charge >= 0.3 is 0 Å². The number of ketones is 1. The molecule has 0 unspecified atom stereocenters. The molecule has 1 N–H and O–H groups in total. The molecule has 0 aliphatic carbocycles. The maximum atomic E-state index is 12.3. The number of carbonyl (C=O) groups excluding carboxylic acids is 1. The molecule has 0 amide bonds. The van der Waals surface area contributed by atoms with Crippen molar-refractivity contribution in [2.45, 2.75) is 38.8 Å². The summed E-state index contributed by atoms with van der Waals surface area (Å²) in [4.78, 5) is 12.3. The second-order valence-corrected chi connectivity index (χ2v) is 5.64. The van der Waals surface area contributed by atoms with Gasteiger partial charge in [-0.1, -0.05) is 67.6 Å². The molecule has 24 heavy (non-hydrogen) atoms. The Balaban J connectivity index is 1.85. The zero-order valence-electron chi connectivity index (χ0n) is 13.9. The molecule has 0 fully saturated rings. The Labute approximate surface area is 143 Å². The molecule has 4 heteroatoms. The van der Waals surface area contributed by atoms with Crippen LogP contribution in [0.1, 0.15) is 24.5 Å². The van der Waals surface area contributed by atoms with Crippen molar-refractivity contribution < 1.29 is 19.4 Å². The van der Waals surface area contributed by atoms with Gasteiger partial charge < -0.3 is 14.6 Å². The zero-order valence-corrected chi connectivity index (χ0v) is 13.9. The normalized spacial score (nSPS) is 13.4. The number of hydrogen-bond donors (Lipinski definition) is 1. The molecule has 2 rings (SSSR count). The van der Waals surface area contributed by atoms with E-state index < -0.39 is 12.2 Å². The monoisotopic (exact) mass is 328 g/mol. The number of rotatable bonds is 10. The van der Waals surface area contributed by atoms with Crippen LogP contribution in [-0.4, -0.2) is 29.7 Å². The van der Waals surface area contributed by atoms with Crippen molar-refractivity contribution in [2.24, 2.45) is 0 Å². The highest BCUT2D eigenvalue weighted by Crippen LogP contribution is 2.11. The highest BCUT2D eigenvalue weighted by Gasteiger charge is 2.26. The van der Waals surface area contributed by atoms with Crippen molar-refractivity contribution in [3.63, 3.8) is 0 Å². The summed E-state index contributed by atoms with van der Waals surface area (Å²) in [7, 11) is 0. The highest BCUT2D eigenvalue weighted by molar-refractivity contribution is 5.84. The summed E-state index contributed by atoms with van der Waals surface area (Å²) in [5.41, 5.74) is 1.96. The fourth-order valence-electron chi connectivity index (χ4n) is 2.32. The van der Waals surface area contributed by atoms with Crippen molar-refractivity contribution in [2.75, 3.05) is 6.61 Å². The lowest BCUT2D eigenvalue weighted by molar-refractivity contribution is -0.145. The summed E-state index contributed by atoms with van der Waals surface area (Å²) >= 11 is 0. The van der Waals surface area contributed by atoms with Gasteiger partial charge in [0, 0.05) is 0 Å². The maximum Gasteiger partial charge on any atom is 0.189 e. The van der Waals surface area contributed by atoms with Crippen molar-refractivity contribution in [3.05, 3.63) is 71.8 Å². The van der Waals surface area contributed by atoms with Gasteiger partial charge in [-0.3, -0.25) is 4.79 Å². The smallest absolute Gasteiger partial charge is 0.189 e. The van der Waals surface area contributed by atoms with Crippen LogP contribution in [0, 0.1) is 0 Å². The third-order valence-corrected chi connectivity index (χ3v) is 3.71. The lowest BCUT2D eigenvalue weighted by Crippen LogP contribution is -2.38. The molecule has 0 bridgehead atoms. The van der Waals surface area contributed by atoms with Crippen LogP contribution in [0.25, 0.3) is 0 Å². The van der Waals surface area contributed by atoms with E-state index in [2.05, 4.69) is 0 Å². The Hall–Kier alpha value is -2.01. The second kappa shape index (κ2) is 9.98. The van der Waals surface area contributed by atoms with Crippen LogP contribution >= 0.6 is 0 Å². The summed E-state index contributed by atoms with van der Waals surface area (Å²) < 4.78 is 11.1. The molecule has 128 valence electrons. The minimum Gasteiger partial charge on any atom is -0.390 e. The molecule has 0 radical (unpaired) electrons. The summed E-state index contributed by atoms with van der Waals surface area (Å²) in [6.07, 6.45) is -1.25. The van der Waals surface area contributed by atoms with Crippen LogP contribution in [0.4, 0.5) is 0 Å². The van der Waals surface area contributed by atoms with Gasteiger partial charge in [0.2, 0.25) is 0 Å². The van der Waals surface area contributed by atoms with Gasteiger partial charge in [-0.15, -0.1) is 0 Å². The largest absolute Gasteiger partial charge is 0.390 e. The number of Topliss-reactive ketones (excluding diaryl/α,β-unsaturated/α-hetero) is 1. The van der Waals surface area contributed by atoms with Crippen LogP contribution in [0.3, 0.4) is 0 Å². The Morgan fingerprint density at radius 2 is 1.50 bits per heavy atom. The van der Waals surface area contributed by atoms with Crippen LogP contribution in [0.2, 0.25) is 0 Å². The molecular formula is C20H24O4. The standard InChI is InChI=1S/C20H24O4/c1-2-18(21)20(24-14-17-11-7-4-8-12-17)19(22)15-23-13-16-9-5-3-6-10-16/h3-12,18,20-21H,2,13-15H2,1H3/t18-,20+/m0/s1. The molecule has 0 heterocycles. The summed E-state index contributed by atoms with van der Waals surface area (Å²) in [5, 5.41) is 10.1. The minimum atomic E-state index is -0.869. The second-order valence-electron chi connectivity index (χ2n) is 5.64. The third-order valence-electron chi connectivity index (χ3n) is 3.71. The topological polar surface area (TPSA) is 55.8 Å². The van der Waals surface area contributed by atoms with E-state index in [0.717, 1.165) is 11.1 Å². The lowest BCUT2D eigenvalue weighted by atomic mass is 10.1. The molecule has 0 spiro atoms. The molecule has 0 saturated heterocycles.